The highest BCUT2D eigenvalue weighted by Gasteiger charge is 2.10. The lowest BCUT2D eigenvalue weighted by atomic mass is 10.2. The SMILES string of the molecule is C=CCn1c(SCc2cccc(Cl)c2)nc2ccccc2c1=O. The lowest BCUT2D eigenvalue weighted by molar-refractivity contribution is 0.671. The zero-order valence-corrected chi connectivity index (χ0v) is 14.0. The molecular formula is C18H15ClN2OS. The predicted octanol–water partition coefficient (Wildman–Crippen LogP) is 4.53. The summed E-state index contributed by atoms with van der Waals surface area (Å²) in [5.41, 5.74) is 1.77. The maximum absolute atomic E-state index is 12.6. The second-order valence-corrected chi connectivity index (χ2v) is 6.41. The third kappa shape index (κ3) is 3.49. The molecule has 1 heterocycles. The molecule has 0 aliphatic heterocycles. The predicted molar refractivity (Wildman–Crippen MR) is 97.2 cm³/mol. The minimum atomic E-state index is -0.0379. The number of fused-ring (bicyclic) bond motifs is 1. The summed E-state index contributed by atoms with van der Waals surface area (Å²) < 4.78 is 1.66. The molecule has 23 heavy (non-hydrogen) atoms. The van der Waals surface area contributed by atoms with Gasteiger partial charge in [-0.3, -0.25) is 9.36 Å². The second-order valence-electron chi connectivity index (χ2n) is 5.03. The lowest BCUT2D eigenvalue weighted by Gasteiger charge is -2.11. The van der Waals surface area contributed by atoms with Crippen molar-refractivity contribution in [2.24, 2.45) is 0 Å². The number of rotatable bonds is 5. The van der Waals surface area contributed by atoms with Crippen molar-refractivity contribution in [3.05, 3.63) is 82.1 Å². The smallest absolute Gasteiger partial charge is 0.262 e. The van der Waals surface area contributed by atoms with Gasteiger partial charge in [-0.1, -0.05) is 53.7 Å². The molecule has 1 aromatic heterocycles. The van der Waals surface area contributed by atoms with Gasteiger partial charge in [-0.2, -0.15) is 0 Å². The van der Waals surface area contributed by atoms with Crippen LogP contribution in [0.15, 0.2) is 71.1 Å². The number of nitrogens with zero attached hydrogens (tertiary/aromatic N) is 2. The molecule has 0 atom stereocenters. The molecule has 3 aromatic rings. The highest BCUT2D eigenvalue weighted by Crippen LogP contribution is 2.23. The average Bonchev–Trinajstić information content (AvgIpc) is 2.56. The normalized spacial score (nSPS) is 10.8. The number of hydrogen-bond donors (Lipinski definition) is 0. The molecule has 0 radical (unpaired) electrons. The third-order valence-corrected chi connectivity index (χ3v) is 4.68. The van der Waals surface area contributed by atoms with Gasteiger partial charge in [-0.25, -0.2) is 4.98 Å². The summed E-state index contributed by atoms with van der Waals surface area (Å²) in [5.74, 6) is 0.697. The van der Waals surface area contributed by atoms with Crippen molar-refractivity contribution < 1.29 is 0 Å². The number of hydrogen-bond acceptors (Lipinski definition) is 3. The van der Waals surface area contributed by atoms with Crippen molar-refractivity contribution in [1.82, 2.24) is 9.55 Å². The van der Waals surface area contributed by atoms with Crippen LogP contribution in [0.1, 0.15) is 5.56 Å². The molecule has 3 nitrogen and oxygen atoms in total. The molecular weight excluding hydrogens is 328 g/mol. The number of aromatic nitrogens is 2. The van der Waals surface area contributed by atoms with E-state index in [-0.39, 0.29) is 5.56 Å². The molecule has 0 aliphatic rings. The highest BCUT2D eigenvalue weighted by molar-refractivity contribution is 7.98. The van der Waals surface area contributed by atoms with Crippen LogP contribution in [0.3, 0.4) is 0 Å². The molecule has 0 bridgehead atoms. The minimum Gasteiger partial charge on any atom is -0.283 e. The van der Waals surface area contributed by atoms with Crippen LogP contribution in [0.4, 0.5) is 0 Å². The zero-order valence-electron chi connectivity index (χ0n) is 12.4. The van der Waals surface area contributed by atoms with Crippen molar-refractivity contribution >= 4 is 34.3 Å². The first-order valence-electron chi connectivity index (χ1n) is 7.17. The fourth-order valence-corrected chi connectivity index (χ4v) is 3.49. The molecule has 0 amide bonds. The van der Waals surface area contributed by atoms with Crippen LogP contribution in [0.2, 0.25) is 5.02 Å². The Morgan fingerprint density at radius 3 is 2.83 bits per heavy atom. The van der Waals surface area contributed by atoms with Crippen LogP contribution in [0.25, 0.3) is 10.9 Å². The van der Waals surface area contributed by atoms with Crippen molar-refractivity contribution in [3.63, 3.8) is 0 Å². The minimum absolute atomic E-state index is 0.0379. The number of benzene rings is 2. The summed E-state index contributed by atoms with van der Waals surface area (Å²) in [6.45, 7) is 4.17. The van der Waals surface area contributed by atoms with Gasteiger partial charge in [0, 0.05) is 17.3 Å². The standard InChI is InChI=1S/C18H15ClN2OS/c1-2-10-21-17(22)15-8-3-4-9-16(15)20-18(21)23-12-13-6-5-7-14(19)11-13/h2-9,11H,1,10,12H2. The summed E-state index contributed by atoms with van der Waals surface area (Å²) in [6.07, 6.45) is 1.71. The van der Waals surface area contributed by atoms with E-state index in [0.717, 1.165) is 5.56 Å². The van der Waals surface area contributed by atoms with E-state index in [9.17, 15) is 4.79 Å². The van der Waals surface area contributed by atoms with Gasteiger partial charge in [0.15, 0.2) is 5.16 Å². The fourth-order valence-electron chi connectivity index (χ4n) is 2.32. The van der Waals surface area contributed by atoms with Gasteiger partial charge in [0.2, 0.25) is 0 Å². The van der Waals surface area contributed by atoms with Crippen LogP contribution in [-0.2, 0) is 12.3 Å². The van der Waals surface area contributed by atoms with Gasteiger partial charge in [-0.05, 0) is 29.8 Å². The first-order chi connectivity index (χ1) is 11.2. The second kappa shape index (κ2) is 7.02. The molecule has 0 saturated heterocycles. The molecule has 0 spiro atoms. The molecule has 3 rings (SSSR count). The van der Waals surface area contributed by atoms with E-state index in [2.05, 4.69) is 11.6 Å². The van der Waals surface area contributed by atoms with Gasteiger partial charge >= 0.3 is 0 Å². The Labute approximate surface area is 143 Å². The largest absolute Gasteiger partial charge is 0.283 e. The van der Waals surface area contributed by atoms with Gasteiger partial charge in [-0.15, -0.1) is 6.58 Å². The quantitative estimate of drug-likeness (QED) is 0.388. The van der Waals surface area contributed by atoms with Crippen molar-refractivity contribution in [2.45, 2.75) is 17.5 Å². The van der Waals surface area contributed by atoms with E-state index in [1.54, 1.807) is 16.7 Å². The van der Waals surface area contributed by atoms with E-state index in [4.69, 9.17) is 11.6 Å². The van der Waals surface area contributed by atoms with Gasteiger partial charge < -0.3 is 0 Å². The first-order valence-corrected chi connectivity index (χ1v) is 8.53. The van der Waals surface area contributed by atoms with Gasteiger partial charge in [0.1, 0.15) is 0 Å². The molecule has 0 unspecified atom stereocenters. The van der Waals surface area contributed by atoms with E-state index >= 15 is 0 Å². The van der Waals surface area contributed by atoms with Crippen LogP contribution in [0.5, 0.6) is 0 Å². The maximum Gasteiger partial charge on any atom is 0.262 e. The third-order valence-electron chi connectivity index (χ3n) is 3.40. The molecule has 116 valence electrons. The molecule has 0 saturated carbocycles. The Morgan fingerprint density at radius 1 is 1.22 bits per heavy atom. The summed E-state index contributed by atoms with van der Waals surface area (Å²) in [4.78, 5) is 17.3. The van der Waals surface area contributed by atoms with Crippen LogP contribution >= 0.6 is 23.4 Å². The summed E-state index contributed by atoms with van der Waals surface area (Å²) in [5, 5.41) is 2.02. The van der Waals surface area contributed by atoms with Crippen molar-refractivity contribution in [3.8, 4) is 0 Å². The monoisotopic (exact) mass is 342 g/mol. The Hall–Kier alpha value is -2.04. The van der Waals surface area contributed by atoms with E-state index in [1.807, 2.05) is 42.5 Å². The number of thioether (sulfide) groups is 1. The average molecular weight is 343 g/mol. The molecule has 0 fully saturated rings. The molecule has 5 heteroatoms. The van der Waals surface area contributed by atoms with Crippen molar-refractivity contribution in [1.29, 1.82) is 0 Å². The van der Waals surface area contributed by atoms with Gasteiger partial charge in [0.05, 0.1) is 10.9 Å². The Kier molecular flexibility index (Phi) is 4.84. The molecule has 0 N–H and O–H groups in total. The van der Waals surface area contributed by atoms with Crippen LogP contribution in [-0.4, -0.2) is 9.55 Å². The summed E-state index contributed by atoms with van der Waals surface area (Å²) >= 11 is 7.54. The lowest BCUT2D eigenvalue weighted by Crippen LogP contribution is -2.22. The fraction of sp³-hybridized carbons (Fsp3) is 0.111. The maximum atomic E-state index is 12.6. The number of halogens is 1. The number of allylic oxidation sites excluding steroid dienone is 1. The van der Waals surface area contributed by atoms with Crippen LogP contribution < -0.4 is 5.56 Å². The Bertz CT molecular complexity index is 920. The van der Waals surface area contributed by atoms with E-state index in [0.29, 0.717) is 33.4 Å². The molecule has 0 aliphatic carbocycles. The number of para-hydroxylation sites is 1. The van der Waals surface area contributed by atoms with Crippen LogP contribution in [0, 0.1) is 0 Å². The van der Waals surface area contributed by atoms with Gasteiger partial charge in [0.25, 0.3) is 5.56 Å². The zero-order chi connectivity index (χ0) is 16.2. The van der Waals surface area contributed by atoms with E-state index < -0.39 is 0 Å². The Balaban J connectivity index is 2.00. The summed E-state index contributed by atoms with van der Waals surface area (Å²) in [7, 11) is 0. The van der Waals surface area contributed by atoms with E-state index in [1.165, 1.54) is 11.8 Å². The summed E-state index contributed by atoms with van der Waals surface area (Å²) in [6, 6.07) is 15.1. The Morgan fingerprint density at radius 2 is 2.04 bits per heavy atom. The van der Waals surface area contributed by atoms with Crippen molar-refractivity contribution in [2.75, 3.05) is 0 Å². The first kappa shape index (κ1) is 15.8. The topological polar surface area (TPSA) is 34.9 Å². The highest BCUT2D eigenvalue weighted by atomic mass is 35.5. The molecule has 2 aromatic carbocycles.